The van der Waals surface area contributed by atoms with Crippen molar-refractivity contribution in [2.75, 3.05) is 0 Å². The Morgan fingerprint density at radius 1 is 1.16 bits per heavy atom. The van der Waals surface area contributed by atoms with Crippen molar-refractivity contribution in [2.24, 2.45) is 28.9 Å². The van der Waals surface area contributed by atoms with Crippen LogP contribution in [0.2, 0.25) is 4.34 Å². The van der Waals surface area contributed by atoms with Crippen LogP contribution in [0.15, 0.2) is 12.1 Å². The van der Waals surface area contributed by atoms with Crippen molar-refractivity contribution in [1.29, 1.82) is 0 Å². The molecule has 1 unspecified atom stereocenters. The summed E-state index contributed by atoms with van der Waals surface area (Å²) < 4.78 is 0.896. The van der Waals surface area contributed by atoms with E-state index in [0.717, 1.165) is 28.5 Å². The molecule has 4 saturated carbocycles. The third-order valence-corrected chi connectivity index (χ3v) is 7.18. The van der Waals surface area contributed by atoms with E-state index in [0.29, 0.717) is 11.5 Å². The molecule has 1 aromatic rings. The molecular formula is C16H22ClNS. The summed E-state index contributed by atoms with van der Waals surface area (Å²) in [6.07, 6.45) is 9.73. The molecule has 0 amide bonds. The van der Waals surface area contributed by atoms with Crippen molar-refractivity contribution in [3.63, 3.8) is 0 Å². The van der Waals surface area contributed by atoms with E-state index < -0.39 is 0 Å². The van der Waals surface area contributed by atoms with Gasteiger partial charge in [0.15, 0.2) is 0 Å². The highest BCUT2D eigenvalue weighted by Gasteiger charge is 2.53. The van der Waals surface area contributed by atoms with Gasteiger partial charge in [-0.25, -0.2) is 0 Å². The normalized spacial score (nSPS) is 41.7. The first kappa shape index (κ1) is 12.7. The van der Waals surface area contributed by atoms with Crippen molar-refractivity contribution in [3.8, 4) is 0 Å². The van der Waals surface area contributed by atoms with Crippen LogP contribution in [0.1, 0.15) is 43.4 Å². The molecule has 4 aliphatic carbocycles. The Labute approximate surface area is 124 Å². The second-order valence-corrected chi connectivity index (χ2v) is 9.10. The minimum Gasteiger partial charge on any atom is -0.327 e. The Balaban J connectivity index is 1.54. The molecule has 19 heavy (non-hydrogen) atoms. The predicted molar refractivity (Wildman–Crippen MR) is 81.6 cm³/mol. The zero-order chi connectivity index (χ0) is 13.0. The van der Waals surface area contributed by atoms with E-state index in [1.165, 1.54) is 43.4 Å². The summed E-state index contributed by atoms with van der Waals surface area (Å²) in [4.78, 5) is 1.37. The standard InChI is InChI=1S/C16H22ClNS/c17-15-2-1-13(19-15)6-14(18)16-7-10-3-11(8-16)5-12(4-10)9-16/h1-2,10-12,14H,3-9,18H2. The number of thiophene rings is 1. The van der Waals surface area contributed by atoms with Crippen LogP contribution in [0.4, 0.5) is 0 Å². The predicted octanol–water partition coefficient (Wildman–Crippen LogP) is 4.49. The molecule has 1 aromatic heterocycles. The quantitative estimate of drug-likeness (QED) is 0.874. The average molecular weight is 296 g/mol. The fourth-order valence-corrected chi connectivity index (χ4v) is 6.67. The third kappa shape index (κ3) is 2.16. The van der Waals surface area contributed by atoms with Crippen molar-refractivity contribution >= 4 is 22.9 Å². The van der Waals surface area contributed by atoms with Crippen LogP contribution in [0.5, 0.6) is 0 Å². The van der Waals surface area contributed by atoms with Gasteiger partial charge in [-0.05, 0) is 80.2 Å². The first-order valence-corrected chi connectivity index (χ1v) is 8.82. The molecule has 4 fully saturated rings. The van der Waals surface area contributed by atoms with E-state index in [9.17, 15) is 0 Å². The molecule has 1 nitrogen and oxygen atoms in total. The van der Waals surface area contributed by atoms with Gasteiger partial charge >= 0.3 is 0 Å². The van der Waals surface area contributed by atoms with Gasteiger partial charge in [0, 0.05) is 10.9 Å². The van der Waals surface area contributed by atoms with Crippen LogP contribution in [-0.2, 0) is 6.42 Å². The van der Waals surface area contributed by atoms with Crippen LogP contribution in [-0.4, -0.2) is 6.04 Å². The van der Waals surface area contributed by atoms with Gasteiger partial charge in [0.1, 0.15) is 0 Å². The van der Waals surface area contributed by atoms with Gasteiger partial charge in [-0.2, -0.15) is 0 Å². The van der Waals surface area contributed by atoms with E-state index in [4.69, 9.17) is 17.3 Å². The van der Waals surface area contributed by atoms with E-state index in [1.54, 1.807) is 11.3 Å². The summed E-state index contributed by atoms with van der Waals surface area (Å²) in [7, 11) is 0. The summed E-state index contributed by atoms with van der Waals surface area (Å²) in [5.41, 5.74) is 7.14. The molecule has 4 aliphatic rings. The summed E-state index contributed by atoms with van der Waals surface area (Å²) >= 11 is 7.75. The van der Waals surface area contributed by atoms with Crippen LogP contribution in [0.25, 0.3) is 0 Å². The lowest BCUT2D eigenvalue weighted by molar-refractivity contribution is -0.0666. The van der Waals surface area contributed by atoms with E-state index in [1.807, 2.05) is 6.07 Å². The summed E-state index contributed by atoms with van der Waals surface area (Å²) in [5, 5.41) is 0. The zero-order valence-electron chi connectivity index (χ0n) is 11.3. The van der Waals surface area contributed by atoms with Gasteiger partial charge in [-0.3, -0.25) is 0 Å². The second kappa shape index (κ2) is 4.47. The molecule has 0 radical (unpaired) electrons. The lowest BCUT2D eigenvalue weighted by Crippen LogP contribution is -2.55. The number of nitrogens with two attached hydrogens (primary N) is 1. The molecule has 5 rings (SSSR count). The molecule has 1 atom stereocenters. The van der Waals surface area contributed by atoms with E-state index in [2.05, 4.69) is 6.07 Å². The molecule has 2 N–H and O–H groups in total. The van der Waals surface area contributed by atoms with Crippen molar-refractivity contribution in [3.05, 3.63) is 21.3 Å². The van der Waals surface area contributed by atoms with E-state index >= 15 is 0 Å². The smallest absolute Gasteiger partial charge is 0.0931 e. The molecule has 4 bridgehead atoms. The highest BCUT2D eigenvalue weighted by Crippen LogP contribution is 2.61. The van der Waals surface area contributed by atoms with Crippen molar-refractivity contribution in [1.82, 2.24) is 0 Å². The number of rotatable bonds is 3. The fourth-order valence-electron chi connectivity index (χ4n) is 5.53. The maximum absolute atomic E-state index is 6.68. The second-order valence-electron chi connectivity index (χ2n) is 7.30. The molecule has 3 heteroatoms. The molecule has 1 heterocycles. The maximum atomic E-state index is 6.68. The Hall–Kier alpha value is -0.0500. The first-order chi connectivity index (χ1) is 9.13. The largest absolute Gasteiger partial charge is 0.327 e. The third-order valence-electron chi connectivity index (χ3n) is 5.92. The van der Waals surface area contributed by atoms with Crippen LogP contribution in [0, 0.1) is 23.2 Å². The van der Waals surface area contributed by atoms with Crippen LogP contribution in [0.3, 0.4) is 0 Å². The maximum Gasteiger partial charge on any atom is 0.0931 e. The van der Waals surface area contributed by atoms with Crippen LogP contribution < -0.4 is 5.73 Å². The van der Waals surface area contributed by atoms with Gasteiger partial charge < -0.3 is 5.73 Å². The Bertz CT molecular complexity index is 446. The molecule has 0 aromatic carbocycles. The van der Waals surface area contributed by atoms with Crippen LogP contribution >= 0.6 is 22.9 Å². The topological polar surface area (TPSA) is 26.0 Å². The molecule has 0 aliphatic heterocycles. The van der Waals surface area contributed by atoms with E-state index in [-0.39, 0.29) is 0 Å². The SMILES string of the molecule is NC(Cc1ccc(Cl)s1)C12CC3CC(CC(C3)C1)C2. The van der Waals surface area contributed by atoms with Crippen molar-refractivity contribution in [2.45, 2.75) is 51.0 Å². The highest BCUT2D eigenvalue weighted by atomic mass is 35.5. The summed E-state index contributed by atoms with van der Waals surface area (Å²) in [5.74, 6) is 2.97. The summed E-state index contributed by atoms with van der Waals surface area (Å²) in [6.45, 7) is 0. The van der Waals surface area contributed by atoms with Gasteiger partial charge in [0.05, 0.1) is 4.34 Å². The minimum absolute atomic E-state index is 0.343. The summed E-state index contributed by atoms with van der Waals surface area (Å²) in [6, 6.07) is 4.51. The molecule has 0 spiro atoms. The Kier molecular flexibility index (Phi) is 2.98. The van der Waals surface area contributed by atoms with Crippen molar-refractivity contribution < 1.29 is 0 Å². The Morgan fingerprint density at radius 3 is 2.21 bits per heavy atom. The highest BCUT2D eigenvalue weighted by molar-refractivity contribution is 7.16. The number of hydrogen-bond acceptors (Lipinski definition) is 2. The monoisotopic (exact) mass is 295 g/mol. The zero-order valence-corrected chi connectivity index (χ0v) is 12.8. The fraction of sp³-hybridized carbons (Fsp3) is 0.750. The van der Waals surface area contributed by atoms with Gasteiger partial charge in [-0.15, -0.1) is 11.3 Å². The number of hydrogen-bond donors (Lipinski definition) is 1. The number of halogens is 1. The lowest BCUT2D eigenvalue weighted by atomic mass is 9.47. The van der Waals surface area contributed by atoms with Gasteiger partial charge in [0.2, 0.25) is 0 Å². The first-order valence-electron chi connectivity index (χ1n) is 7.63. The minimum atomic E-state index is 0.343. The van der Waals surface area contributed by atoms with Gasteiger partial charge in [0.25, 0.3) is 0 Å². The lowest BCUT2D eigenvalue weighted by Gasteiger charge is -2.59. The average Bonchev–Trinajstić information content (AvgIpc) is 2.73. The Morgan fingerprint density at radius 2 is 1.74 bits per heavy atom. The molecule has 104 valence electrons. The molecular weight excluding hydrogens is 274 g/mol. The molecule has 0 saturated heterocycles. The van der Waals surface area contributed by atoms with Gasteiger partial charge in [-0.1, -0.05) is 11.6 Å².